The van der Waals surface area contributed by atoms with Crippen molar-refractivity contribution in [2.45, 2.75) is 19.5 Å². The smallest absolute Gasteiger partial charge is 0.320 e. The highest BCUT2D eigenvalue weighted by Gasteiger charge is 2.10. The van der Waals surface area contributed by atoms with E-state index < -0.39 is 12.0 Å². The Morgan fingerprint density at radius 2 is 2.31 bits per heavy atom. The summed E-state index contributed by atoms with van der Waals surface area (Å²) in [7, 11) is 0. The van der Waals surface area contributed by atoms with Crippen LogP contribution in [-0.2, 0) is 11.3 Å². The standard InChI is InChI=1S/C11H12N2O2S/c1-7(11(14)15)12-6-10-13-8-4-2-3-5-9(8)16-10/h2-5,7,12H,6H2,1H3,(H,14,15)/t7-/m1/s1. The first kappa shape index (κ1) is 11.0. The fourth-order valence-electron chi connectivity index (χ4n) is 1.32. The van der Waals surface area contributed by atoms with Crippen LogP contribution in [0.25, 0.3) is 10.2 Å². The number of hydrogen-bond acceptors (Lipinski definition) is 4. The molecule has 1 heterocycles. The number of thiazole rings is 1. The lowest BCUT2D eigenvalue weighted by atomic mass is 10.3. The summed E-state index contributed by atoms with van der Waals surface area (Å²) >= 11 is 1.58. The predicted molar refractivity (Wildman–Crippen MR) is 63.6 cm³/mol. The Morgan fingerprint density at radius 3 is 3.00 bits per heavy atom. The highest BCUT2D eigenvalue weighted by atomic mass is 32.1. The number of nitrogens with one attached hydrogen (secondary N) is 1. The summed E-state index contributed by atoms with van der Waals surface area (Å²) in [5, 5.41) is 12.5. The molecule has 5 heteroatoms. The highest BCUT2D eigenvalue weighted by Crippen LogP contribution is 2.21. The molecule has 0 amide bonds. The molecule has 16 heavy (non-hydrogen) atoms. The van der Waals surface area contributed by atoms with Crippen LogP contribution in [0.3, 0.4) is 0 Å². The van der Waals surface area contributed by atoms with Crippen molar-refractivity contribution in [3.05, 3.63) is 29.3 Å². The van der Waals surface area contributed by atoms with Crippen LogP contribution < -0.4 is 5.32 Å². The quantitative estimate of drug-likeness (QED) is 0.850. The van der Waals surface area contributed by atoms with Crippen molar-refractivity contribution in [2.24, 2.45) is 0 Å². The molecule has 2 rings (SSSR count). The van der Waals surface area contributed by atoms with Gasteiger partial charge in [0.2, 0.25) is 0 Å². The number of carboxylic acid groups (broad SMARTS) is 1. The van der Waals surface area contributed by atoms with Gasteiger partial charge in [-0.25, -0.2) is 4.98 Å². The Hall–Kier alpha value is -1.46. The first-order valence-electron chi connectivity index (χ1n) is 4.97. The molecule has 0 bridgehead atoms. The molecule has 2 N–H and O–H groups in total. The lowest BCUT2D eigenvalue weighted by Gasteiger charge is -2.05. The minimum absolute atomic E-state index is 0.493. The number of hydrogen-bond donors (Lipinski definition) is 2. The number of rotatable bonds is 4. The molecule has 2 aromatic rings. The van der Waals surface area contributed by atoms with Crippen LogP contribution in [-0.4, -0.2) is 22.1 Å². The van der Waals surface area contributed by atoms with E-state index in [0.717, 1.165) is 15.2 Å². The average Bonchev–Trinajstić information content (AvgIpc) is 2.68. The van der Waals surface area contributed by atoms with Gasteiger partial charge in [-0.15, -0.1) is 11.3 Å². The van der Waals surface area contributed by atoms with Crippen LogP contribution in [0, 0.1) is 0 Å². The summed E-state index contributed by atoms with van der Waals surface area (Å²) in [6.07, 6.45) is 0. The summed E-state index contributed by atoms with van der Waals surface area (Å²) in [5.41, 5.74) is 0.965. The minimum Gasteiger partial charge on any atom is -0.480 e. The fourth-order valence-corrected chi connectivity index (χ4v) is 2.24. The number of carbonyl (C=O) groups is 1. The van der Waals surface area contributed by atoms with Gasteiger partial charge >= 0.3 is 5.97 Å². The third kappa shape index (κ3) is 2.37. The lowest BCUT2D eigenvalue weighted by Crippen LogP contribution is -2.33. The van der Waals surface area contributed by atoms with Crippen molar-refractivity contribution < 1.29 is 9.90 Å². The van der Waals surface area contributed by atoms with Crippen molar-refractivity contribution in [3.8, 4) is 0 Å². The normalized spacial score (nSPS) is 12.8. The maximum Gasteiger partial charge on any atom is 0.320 e. The van der Waals surface area contributed by atoms with Crippen LogP contribution in [0.15, 0.2) is 24.3 Å². The Labute approximate surface area is 96.9 Å². The van der Waals surface area contributed by atoms with Crippen LogP contribution >= 0.6 is 11.3 Å². The van der Waals surface area contributed by atoms with E-state index in [9.17, 15) is 4.79 Å². The molecule has 1 aromatic carbocycles. The van der Waals surface area contributed by atoms with Gasteiger partial charge in [-0.2, -0.15) is 0 Å². The number of para-hydroxylation sites is 1. The van der Waals surface area contributed by atoms with E-state index >= 15 is 0 Å². The van der Waals surface area contributed by atoms with Gasteiger partial charge in [0.1, 0.15) is 11.0 Å². The van der Waals surface area contributed by atoms with Crippen molar-refractivity contribution >= 4 is 27.5 Å². The van der Waals surface area contributed by atoms with Crippen LogP contribution in [0.4, 0.5) is 0 Å². The fraction of sp³-hybridized carbons (Fsp3) is 0.273. The van der Waals surface area contributed by atoms with E-state index in [4.69, 9.17) is 5.11 Å². The van der Waals surface area contributed by atoms with Crippen molar-refractivity contribution in [2.75, 3.05) is 0 Å². The monoisotopic (exact) mass is 236 g/mol. The topological polar surface area (TPSA) is 62.2 Å². The zero-order valence-electron chi connectivity index (χ0n) is 8.80. The Kier molecular flexibility index (Phi) is 3.17. The van der Waals surface area contributed by atoms with E-state index in [-0.39, 0.29) is 0 Å². The molecule has 1 aromatic heterocycles. The van der Waals surface area contributed by atoms with Crippen LogP contribution in [0.2, 0.25) is 0 Å². The second-order valence-electron chi connectivity index (χ2n) is 3.52. The molecule has 4 nitrogen and oxygen atoms in total. The summed E-state index contributed by atoms with van der Waals surface area (Å²) < 4.78 is 1.13. The Morgan fingerprint density at radius 1 is 1.56 bits per heavy atom. The minimum atomic E-state index is -0.846. The lowest BCUT2D eigenvalue weighted by molar-refractivity contribution is -0.139. The second-order valence-corrected chi connectivity index (χ2v) is 4.63. The van der Waals surface area contributed by atoms with Gasteiger partial charge in [0, 0.05) is 6.54 Å². The van der Waals surface area contributed by atoms with Crippen molar-refractivity contribution in [1.82, 2.24) is 10.3 Å². The molecule has 84 valence electrons. The molecule has 1 atom stereocenters. The zero-order chi connectivity index (χ0) is 11.5. The van der Waals surface area contributed by atoms with Gasteiger partial charge in [-0.3, -0.25) is 10.1 Å². The third-order valence-corrected chi connectivity index (χ3v) is 3.30. The third-order valence-electron chi connectivity index (χ3n) is 2.27. The van der Waals surface area contributed by atoms with Crippen LogP contribution in [0.1, 0.15) is 11.9 Å². The molecular weight excluding hydrogens is 224 g/mol. The van der Waals surface area contributed by atoms with Gasteiger partial charge in [0.25, 0.3) is 0 Å². The molecular formula is C11H12N2O2S. The van der Waals surface area contributed by atoms with Gasteiger partial charge < -0.3 is 5.11 Å². The maximum atomic E-state index is 10.6. The Bertz CT molecular complexity index is 476. The van der Waals surface area contributed by atoms with Crippen LogP contribution in [0.5, 0.6) is 0 Å². The highest BCUT2D eigenvalue weighted by molar-refractivity contribution is 7.18. The second kappa shape index (κ2) is 4.59. The maximum absolute atomic E-state index is 10.6. The molecule has 0 aliphatic heterocycles. The number of fused-ring (bicyclic) bond motifs is 1. The summed E-state index contributed by atoms with van der Waals surface area (Å²) in [6.45, 7) is 2.11. The molecule has 0 aliphatic rings. The molecule has 0 radical (unpaired) electrons. The SMILES string of the molecule is C[C@@H](NCc1nc2ccccc2s1)C(=O)O. The van der Waals surface area contributed by atoms with Gasteiger partial charge in [0.15, 0.2) is 0 Å². The zero-order valence-corrected chi connectivity index (χ0v) is 9.62. The molecule has 0 unspecified atom stereocenters. The van der Waals surface area contributed by atoms with Crippen molar-refractivity contribution in [1.29, 1.82) is 0 Å². The van der Waals surface area contributed by atoms with E-state index in [1.165, 1.54) is 0 Å². The predicted octanol–water partition coefficient (Wildman–Crippen LogP) is 1.86. The summed E-state index contributed by atoms with van der Waals surface area (Å²) in [5.74, 6) is -0.846. The van der Waals surface area contributed by atoms with Gasteiger partial charge in [-0.05, 0) is 19.1 Å². The number of aromatic nitrogens is 1. The number of benzene rings is 1. The van der Waals surface area contributed by atoms with E-state index in [0.29, 0.717) is 6.54 Å². The van der Waals surface area contributed by atoms with E-state index in [1.807, 2.05) is 24.3 Å². The number of carboxylic acids is 1. The molecule has 0 spiro atoms. The summed E-state index contributed by atoms with van der Waals surface area (Å²) in [4.78, 5) is 15.0. The first-order chi connectivity index (χ1) is 7.66. The van der Waals surface area contributed by atoms with E-state index in [1.54, 1.807) is 18.3 Å². The largest absolute Gasteiger partial charge is 0.480 e. The Balaban J connectivity index is 2.07. The molecule has 0 fully saturated rings. The van der Waals surface area contributed by atoms with Crippen molar-refractivity contribution in [3.63, 3.8) is 0 Å². The molecule has 0 saturated carbocycles. The number of aliphatic carboxylic acids is 1. The summed E-state index contributed by atoms with van der Waals surface area (Å²) in [6, 6.07) is 7.33. The molecule has 0 aliphatic carbocycles. The van der Waals surface area contributed by atoms with Gasteiger partial charge in [0.05, 0.1) is 10.2 Å². The first-order valence-corrected chi connectivity index (χ1v) is 5.79. The van der Waals surface area contributed by atoms with Gasteiger partial charge in [-0.1, -0.05) is 12.1 Å². The van der Waals surface area contributed by atoms with E-state index in [2.05, 4.69) is 10.3 Å². The molecule has 0 saturated heterocycles. The number of nitrogens with zero attached hydrogens (tertiary/aromatic N) is 1. The average molecular weight is 236 g/mol.